The number of nitro benzene ring substituents is 1. The molecule has 2 fully saturated rings. The number of nitrogens with one attached hydrogen (secondary N) is 1. The van der Waals surface area contributed by atoms with Gasteiger partial charge in [0.2, 0.25) is 10.0 Å². The predicted molar refractivity (Wildman–Crippen MR) is 76.4 cm³/mol. The molecule has 2 heterocycles. The van der Waals surface area contributed by atoms with E-state index in [-0.39, 0.29) is 16.6 Å². The maximum absolute atomic E-state index is 12.7. The van der Waals surface area contributed by atoms with Crippen LogP contribution in [0.3, 0.4) is 0 Å². The van der Waals surface area contributed by atoms with Crippen LogP contribution in [0.15, 0.2) is 29.2 Å². The van der Waals surface area contributed by atoms with Gasteiger partial charge in [-0.1, -0.05) is 0 Å². The molecule has 0 aliphatic carbocycles. The summed E-state index contributed by atoms with van der Waals surface area (Å²) in [5.74, 6) is 0.367. The minimum atomic E-state index is -3.59. The van der Waals surface area contributed by atoms with Gasteiger partial charge in [-0.15, -0.1) is 0 Å². The van der Waals surface area contributed by atoms with E-state index in [1.165, 1.54) is 24.3 Å². The molecule has 1 N–H and O–H groups in total. The molecule has 3 rings (SSSR count). The third kappa shape index (κ3) is 2.54. The maximum Gasteiger partial charge on any atom is 0.269 e. The Hall–Kier alpha value is -1.51. The van der Waals surface area contributed by atoms with E-state index in [1.807, 2.05) is 0 Å². The number of benzene rings is 1. The monoisotopic (exact) mass is 311 g/mol. The molecule has 2 unspecified atom stereocenters. The lowest BCUT2D eigenvalue weighted by Crippen LogP contribution is -2.48. The summed E-state index contributed by atoms with van der Waals surface area (Å²) < 4.78 is 27.0. The van der Waals surface area contributed by atoms with Crippen molar-refractivity contribution in [3.05, 3.63) is 34.4 Å². The molecule has 114 valence electrons. The van der Waals surface area contributed by atoms with Gasteiger partial charge in [0.1, 0.15) is 0 Å². The van der Waals surface area contributed by atoms with Crippen molar-refractivity contribution in [1.29, 1.82) is 0 Å². The molecule has 2 saturated heterocycles. The average Bonchev–Trinajstić information content (AvgIpc) is 2.95. The lowest BCUT2D eigenvalue weighted by atomic mass is 9.94. The second kappa shape index (κ2) is 5.36. The fraction of sp³-hybridized carbons (Fsp3) is 0.538. The molecule has 21 heavy (non-hydrogen) atoms. The van der Waals surface area contributed by atoms with Gasteiger partial charge in [0.05, 0.1) is 9.82 Å². The number of non-ortho nitro benzene ring substituents is 1. The molecule has 7 nitrogen and oxygen atoms in total. The van der Waals surface area contributed by atoms with E-state index in [9.17, 15) is 18.5 Å². The number of hydrogen-bond donors (Lipinski definition) is 1. The van der Waals surface area contributed by atoms with Crippen LogP contribution >= 0.6 is 0 Å². The summed E-state index contributed by atoms with van der Waals surface area (Å²) in [6.45, 7) is 2.05. The zero-order valence-electron chi connectivity index (χ0n) is 11.4. The third-order valence-electron chi connectivity index (χ3n) is 4.28. The Kier molecular flexibility index (Phi) is 3.68. The number of hydrogen-bond acceptors (Lipinski definition) is 5. The summed E-state index contributed by atoms with van der Waals surface area (Å²) in [6.07, 6.45) is 1.90. The Balaban J connectivity index is 1.90. The van der Waals surface area contributed by atoms with Gasteiger partial charge in [-0.05, 0) is 37.4 Å². The van der Waals surface area contributed by atoms with Crippen LogP contribution in [0.25, 0.3) is 0 Å². The van der Waals surface area contributed by atoms with E-state index >= 15 is 0 Å². The van der Waals surface area contributed by atoms with Gasteiger partial charge in [-0.3, -0.25) is 10.1 Å². The SMILES string of the molecule is O=[N+]([O-])c1ccc(S(=O)(=O)N2CCCC3CNCC32)cc1. The molecule has 0 spiro atoms. The van der Waals surface area contributed by atoms with E-state index in [4.69, 9.17) is 0 Å². The van der Waals surface area contributed by atoms with Crippen LogP contribution in [0.1, 0.15) is 12.8 Å². The largest absolute Gasteiger partial charge is 0.315 e. The first-order valence-electron chi connectivity index (χ1n) is 6.97. The highest BCUT2D eigenvalue weighted by Crippen LogP contribution is 2.31. The second-order valence-corrected chi connectivity index (χ2v) is 7.39. The van der Waals surface area contributed by atoms with Crippen molar-refractivity contribution in [1.82, 2.24) is 9.62 Å². The Labute approximate surface area is 123 Å². The molecule has 2 aliphatic rings. The van der Waals surface area contributed by atoms with Crippen molar-refractivity contribution in [3.8, 4) is 0 Å². The van der Waals surface area contributed by atoms with Crippen LogP contribution in [0.5, 0.6) is 0 Å². The van der Waals surface area contributed by atoms with Gasteiger partial charge in [0.25, 0.3) is 5.69 Å². The lowest BCUT2D eigenvalue weighted by molar-refractivity contribution is -0.384. The molecule has 0 aromatic heterocycles. The van der Waals surface area contributed by atoms with Gasteiger partial charge in [-0.2, -0.15) is 4.31 Å². The fourth-order valence-electron chi connectivity index (χ4n) is 3.20. The Bertz CT molecular complexity index is 644. The summed E-state index contributed by atoms with van der Waals surface area (Å²) in [4.78, 5) is 10.2. The molecule has 1 aromatic rings. The quantitative estimate of drug-likeness (QED) is 0.663. The predicted octanol–water partition coefficient (Wildman–Crippen LogP) is 0.967. The first-order chi connectivity index (χ1) is 10.00. The summed E-state index contributed by atoms with van der Waals surface area (Å²) in [6, 6.07) is 5.11. The Morgan fingerprint density at radius 3 is 2.62 bits per heavy atom. The van der Waals surface area contributed by atoms with Crippen LogP contribution in [-0.2, 0) is 10.0 Å². The molecule has 8 heteroatoms. The van der Waals surface area contributed by atoms with Crippen molar-refractivity contribution in [2.45, 2.75) is 23.8 Å². The molecular weight excluding hydrogens is 294 g/mol. The van der Waals surface area contributed by atoms with Gasteiger partial charge in [0, 0.05) is 31.3 Å². The first kappa shape index (κ1) is 14.4. The summed E-state index contributed by atoms with van der Waals surface area (Å²) >= 11 is 0. The Morgan fingerprint density at radius 1 is 1.24 bits per heavy atom. The smallest absolute Gasteiger partial charge is 0.269 e. The topological polar surface area (TPSA) is 92.5 Å². The molecular formula is C13H17N3O4S. The molecule has 0 bridgehead atoms. The van der Waals surface area contributed by atoms with Crippen molar-refractivity contribution < 1.29 is 13.3 Å². The van der Waals surface area contributed by atoms with Crippen LogP contribution in [0, 0.1) is 16.0 Å². The number of fused-ring (bicyclic) bond motifs is 1. The molecule has 0 amide bonds. The van der Waals surface area contributed by atoms with E-state index in [2.05, 4.69) is 5.32 Å². The first-order valence-corrected chi connectivity index (χ1v) is 8.41. The van der Waals surface area contributed by atoms with Crippen LogP contribution in [0.2, 0.25) is 0 Å². The van der Waals surface area contributed by atoms with E-state index in [1.54, 1.807) is 4.31 Å². The summed E-state index contributed by atoms with van der Waals surface area (Å²) in [5.41, 5.74) is -0.104. The summed E-state index contributed by atoms with van der Waals surface area (Å²) in [5, 5.41) is 13.9. The fourth-order valence-corrected chi connectivity index (χ4v) is 4.92. The van der Waals surface area contributed by atoms with Crippen LogP contribution < -0.4 is 5.32 Å². The zero-order chi connectivity index (χ0) is 15.0. The van der Waals surface area contributed by atoms with Crippen LogP contribution in [-0.4, -0.2) is 43.3 Å². The number of nitrogens with zero attached hydrogens (tertiary/aromatic N) is 2. The summed E-state index contributed by atoms with van der Waals surface area (Å²) in [7, 11) is -3.59. The molecule has 2 aliphatic heterocycles. The lowest BCUT2D eigenvalue weighted by Gasteiger charge is -2.35. The standard InChI is InChI=1S/C13H17N3O4S/c17-16(18)11-3-5-12(6-4-11)21(19,20)15-7-1-2-10-8-14-9-13(10)15/h3-6,10,13-14H,1-2,7-9H2. The number of piperidine rings is 1. The van der Waals surface area contributed by atoms with E-state index in [0.717, 1.165) is 19.4 Å². The molecule has 1 aromatic carbocycles. The van der Waals surface area contributed by atoms with Gasteiger partial charge < -0.3 is 5.32 Å². The highest BCUT2D eigenvalue weighted by Gasteiger charge is 2.41. The van der Waals surface area contributed by atoms with Gasteiger partial charge in [-0.25, -0.2) is 8.42 Å². The Morgan fingerprint density at radius 2 is 1.95 bits per heavy atom. The van der Waals surface area contributed by atoms with Crippen LogP contribution in [0.4, 0.5) is 5.69 Å². The highest BCUT2D eigenvalue weighted by atomic mass is 32.2. The van der Waals surface area contributed by atoms with Gasteiger partial charge >= 0.3 is 0 Å². The number of nitro groups is 1. The minimum Gasteiger partial charge on any atom is -0.315 e. The average molecular weight is 311 g/mol. The zero-order valence-corrected chi connectivity index (χ0v) is 12.3. The number of sulfonamides is 1. The van der Waals surface area contributed by atoms with E-state index in [0.29, 0.717) is 19.0 Å². The highest BCUT2D eigenvalue weighted by molar-refractivity contribution is 7.89. The second-order valence-electron chi connectivity index (χ2n) is 5.49. The minimum absolute atomic E-state index is 0.000980. The normalized spacial score (nSPS) is 26.5. The molecule has 2 atom stereocenters. The van der Waals surface area contributed by atoms with Crippen molar-refractivity contribution in [2.75, 3.05) is 19.6 Å². The van der Waals surface area contributed by atoms with E-state index < -0.39 is 14.9 Å². The number of rotatable bonds is 3. The van der Waals surface area contributed by atoms with Crippen molar-refractivity contribution in [2.24, 2.45) is 5.92 Å². The maximum atomic E-state index is 12.7. The van der Waals surface area contributed by atoms with Crippen molar-refractivity contribution >= 4 is 15.7 Å². The van der Waals surface area contributed by atoms with Crippen molar-refractivity contribution in [3.63, 3.8) is 0 Å². The van der Waals surface area contributed by atoms with Gasteiger partial charge in [0.15, 0.2) is 0 Å². The molecule has 0 radical (unpaired) electrons. The molecule has 0 saturated carbocycles. The third-order valence-corrected chi connectivity index (χ3v) is 6.22.